The predicted molar refractivity (Wildman–Crippen MR) is 76.8 cm³/mol. The zero-order chi connectivity index (χ0) is 12.4. The Kier molecular flexibility index (Phi) is 3.46. The van der Waals surface area contributed by atoms with Crippen molar-refractivity contribution in [3.63, 3.8) is 0 Å². The molecule has 3 nitrogen and oxygen atoms in total. The minimum Gasteiger partial charge on any atom is -0.319 e. The number of nitrogens with zero attached hydrogens (tertiary/aromatic N) is 2. The van der Waals surface area contributed by atoms with E-state index in [1.54, 1.807) is 22.7 Å². The van der Waals surface area contributed by atoms with Crippen LogP contribution in [0.3, 0.4) is 0 Å². The lowest BCUT2D eigenvalue weighted by Gasteiger charge is -2.25. The smallest absolute Gasteiger partial charge is 0.142 e. The van der Waals surface area contributed by atoms with E-state index in [-0.39, 0.29) is 5.54 Å². The molecule has 0 bridgehead atoms. The molecule has 2 N–H and O–H groups in total. The molecule has 5 heteroatoms. The normalized spacial score (nSPS) is 19.6. The van der Waals surface area contributed by atoms with Crippen LogP contribution in [0.4, 0.5) is 0 Å². The first-order chi connectivity index (χ1) is 8.78. The quantitative estimate of drug-likeness (QED) is 0.851. The van der Waals surface area contributed by atoms with E-state index >= 15 is 0 Å². The van der Waals surface area contributed by atoms with Crippen LogP contribution in [0.5, 0.6) is 0 Å². The molecular weight excluding hydrogens is 262 g/mol. The summed E-state index contributed by atoms with van der Waals surface area (Å²) < 4.78 is 0. The summed E-state index contributed by atoms with van der Waals surface area (Å²) in [6.07, 6.45) is 9.02. The van der Waals surface area contributed by atoms with Gasteiger partial charge in [0.05, 0.1) is 5.54 Å². The second-order valence-electron chi connectivity index (χ2n) is 4.95. The number of rotatable bonds is 2. The summed E-state index contributed by atoms with van der Waals surface area (Å²) in [4.78, 5) is 9.04. The van der Waals surface area contributed by atoms with E-state index in [9.17, 15) is 0 Å². The van der Waals surface area contributed by atoms with Gasteiger partial charge >= 0.3 is 0 Å². The van der Waals surface area contributed by atoms with E-state index in [1.807, 2.05) is 11.6 Å². The van der Waals surface area contributed by atoms with Crippen molar-refractivity contribution in [3.8, 4) is 10.7 Å². The van der Waals surface area contributed by atoms with Gasteiger partial charge in [-0.15, -0.1) is 22.7 Å². The molecule has 0 unspecified atom stereocenters. The molecule has 3 rings (SSSR count). The van der Waals surface area contributed by atoms with Crippen LogP contribution in [0.1, 0.15) is 43.5 Å². The highest BCUT2D eigenvalue weighted by Gasteiger charge is 2.31. The third kappa shape index (κ3) is 2.35. The zero-order valence-electron chi connectivity index (χ0n) is 10.3. The second-order valence-corrected chi connectivity index (χ2v) is 6.70. The maximum Gasteiger partial charge on any atom is 0.142 e. The van der Waals surface area contributed by atoms with Gasteiger partial charge in [0, 0.05) is 17.0 Å². The Morgan fingerprint density at radius 1 is 1.11 bits per heavy atom. The maximum absolute atomic E-state index is 6.58. The Labute approximate surface area is 115 Å². The Hall–Kier alpha value is -0.780. The van der Waals surface area contributed by atoms with Crippen molar-refractivity contribution in [2.45, 2.75) is 44.1 Å². The first-order valence-electron chi connectivity index (χ1n) is 6.43. The lowest BCUT2D eigenvalue weighted by molar-refractivity contribution is 0.384. The van der Waals surface area contributed by atoms with Crippen LogP contribution in [-0.2, 0) is 5.54 Å². The Morgan fingerprint density at radius 3 is 2.56 bits per heavy atom. The summed E-state index contributed by atoms with van der Waals surface area (Å²) >= 11 is 3.32. The van der Waals surface area contributed by atoms with Gasteiger partial charge in [0.15, 0.2) is 0 Å². The van der Waals surface area contributed by atoms with Crippen molar-refractivity contribution < 1.29 is 0 Å². The number of thiazole rings is 2. The molecule has 2 aromatic rings. The number of hydrogen-bond donors (Lipinski definition) is 1. The predicted octanol–water partition coefficient (Wildman–Crippen LogP) is 3.77. The first kappa shape index (κ1) is 12.3. The first-order valence-corrected chi connectivity index (χ1v) is 8.19. The molecule has 0 amide bonds. The summed E-state index contributed by atoms with van der Waals surface area (Å²) in [6, 6.07) is 0. The van der Waals surface area contributed by atoms with Gasteiger partial charge < -0.3 is 5.73 Å². The summed E-state index contributed by atoms with van der Waals surface area (Å²) in [6.45, 7) is 0. The van der Waals surface area contributed by atoms with Crippen LogP contribution >= 0.6 is 22.7 Å². The van der Waals surface area contributed by atoms with Crippen LogP contribution in [0.15, 0.2) is 17.0 Å². The van der Waals surface area contributed by atoms with Gasteiger partial charge in [-0.3, -0.25) is 0 Å². The van der Waals surface area contributed by atoms with Gasteiger partial charge in [-0.2, -0.15) is 0 Å². The molecule has 0 radical (unpaired) electrons. The van der Waals surface area contributed by atoms with Crippen LogP contribution in [0.25, 0.3) is 10.7 Å². The SMILES string of the molecule is NC1(c2nc(-c3nccs3)cs2)CCCCCC1. The minimum absolute atomic E-state index is 0.198. The average Bonchev–Trinajstić information content (AvgIpc) is 3.00. The summed E-state index contributed by atoms with van der Waals surface area (Å²) in [7, 11) is 0. The fourth-order valence-corrected chi connectivity index (χ4v) is 4.17. The van der Waals surface area contributed by atoms with E-state index < -0.39 is 0 Å². The molecule has 2 heterocycles. The molecule has 1 aliphatic carbocycles. The highest BCUT2D eigenvalue weighted by Crippen LogP contribution is 2.37. The fraction of sp³-hybridized carbons (Fsp3) is 0.538. The Bertz CT molecular complexity index is 496. The molecule has 1 fully saturated rings. The number of hydrogen-bond acceptors (Lipinski definition) is 5. The van der Waals surface area contributed by atoms with E-state index in [0.717, 1.165) is 28.6 Å². The third-order valence-corrected chi connectivity index (χ3v) is 5.44. The molecule has 1 aliphatic rings. The lowest BCUT2D eigenvalue weighted by atomic mass is 9.92. The summed E-state index contributed by atoms with van der Waals surface area (Å²) in [5.74, 6) is 0. The van der Waals surface area contributed by atoms with E-state index in [4.69, 9.17) is 10.7 Å². The van der Waals surface area contributed by atoms with Gasteiger partial charge in [-0.1, -0.05) is 25.7 Å². The molecule has 0 spiro atoms. The topological polar surface area (TPSA) is 51.8 Å². The van der Waals surface area contributed by atoms with Gasteiger partial charge in [-0.25, -0.2) is 9.97 Å². The highest BCUT2D eigenvalue weighted by molar-refractivity contribution is 7.14. The average molecular weight is 279 g/mol. The fourth-order valence-electron chi connectivity index (χ4n) is 2.52. The van der Waals surface area contributed by atoms with Crippen LogP contribution in [-0.4, -0.2) is 9.97 Å². The van der Waals surface area contributed by atoms with Crippen LogP contribution in [0, 0.1) is 0 Å². The molecule has 1 saturated carbocycles. The number of nitrogens with two attached hydrogens (primary N) is 1. The lowest BCUT2D eigenvalue weighted by Crippen LogP contribution is -2.35. The Morgan fingerprint density at radius 2 is 1.89 bits per heavy atom. The van der Waals surface area contributed by atoms with Crippen LogP contribution in [0.2, 0.25) is 0 Å². The van der Waals surface area contributed by atoms with Gasteiger partial charge in [-0.05, 0) is 12.8 Å². The van der Waals surface area contributed by atoms with Gasteiger partial charge in [0.1, 0.15) is 15.7 Å². The van der Waals surface area contributed by atoms with Crippen molar-refractivity contribution in [1.29, 1.82) is 0 Å². The zero-order valence-corrected chi connectivity index (χ0v) is 11.9. The van der Waals surface area contributed by atoms with Crippen molar-refractivity contribution in [2.75, 3.05) is 0 Å². The largest absolute Gasteiger partial charge is 0.319 e. The second kappa shape index (κ2) is 5.07. The van der Waals surface area contributed by atoms with E-state index in [1.165, 1.54) is 25.7 Å². The molecule has 2 aromatic heterocycles. The van der Waals surface area contributed by atoms with E-state index in [0.29, 0.717) is 0 Å². The van der Waals surface area contributed by atoms with Crippen LogP contribution < -0.4 is 5.73 Å². The molecule has 0 aliphatic heterocycles. The standard InChI is InChI=1S/C13H17N3S2/c14-13(5-3-1-2-4-6-13)12-16-10(9-18-12)11-15-7-8-17-11/h7-9H,1-6,14H2. The van der Waals surface area contributed by atoms with Gasteiger partial charge in [0.2, 0.25) is 0 Å². The molecule has 0 saturated heterocycles. The molecule has 0 atom stereocenters. The van der Waals surface area contributed by atoms with Crippen molar-refractivity contribution in [2.24, 2.45) is 5.73 Å². The van der Waals surface area contributed by atoms with Gasteiger partial charge in [0.25, 0.3) is 0 Å². The van der Waals surface area contributed by atoms with Crippen molar-refractivity contribution in [3.05, 3.63) is 22.0 Å². The molecule has 0 aromatic carbocycles. The minimum atomic E-state index is -0.198. The van der Waals surface area contributed by atoms with Crippen molar-refractivity contribution in [1.82, 2.24) is 9.97 Å². The maximum atomic E-state index is 6.58. The monoisotopic (exact) mass is 279 g/mol. The van der Waals surface area contributed by atoms with Crippen molar-refractivity contribution >= 4 is 22.7 Å². The number of aromatic nitrogens is 2. The van der Waals surface area contributed by atoms with E-state index in [2.05, 4.69) is 10.4 Å². The highest BCUT2D eigenvalue weighted by atomic mass is 32.1. The summed E-state index contributed by atoms with van der Waals surface area (Å²) in [5.41, 5.74) is 7.37. The third-order valence-electron chi connectivity index (χ3n) is 3.58. The summed E-state index contributed by atoms with van der Waals surface area (Å²) in [5, 5.41) is 6.16. The molecular formula is C13H17N3S2. The molecule has 18 heavy (non-hydrogen) atoms. The Balaban J connectivity index is 1.88. The molecule has 96 valence electrons.